The van der Waals surface area contributed by atoms with E-state index in [9.17, 15) is 13.6 Å². The van der Waals surface area contributed by atoms with Gasteiger partial charge in [0.15, 0.2) is 0 Å². The molecule has 180 valence electrons. The van der Waals surface area contributed by atoms with Crippen molar-refractivity contribution in [2.75, 3.05) is 56.6 Å². The van der Waals surface area contributed by atoms with E-state index in [1.165, 1.54) is 17.6 Å². The lowest BCUT2D eigenvalue weighted by atomic mass is 10.1. The summed E-state index contributed by atoms with van der Waals surface area (Å²) >= 11 is 1.41. The number of carbonyl (C=O) groups excluding carboxylic acids is 1. The van der Waals surface area contributed by atoms with Crippen LogP contribution in [0.15, 0.2) is 42.5 Å². The largest absolute Gasteiger partial charge is 0.497 e. The second kappa shape index (κ2) is 11.2. The molecule has 2 amide bonds. The van der Waals surface area contributed by atoms with Crippen LogP contribution in [0.2, 0.25) is 0 Å². The highest BCUT2D eigenvalue weighted by atomic mass is 32.1. The summed E-state index contributed by atoms with van der Waals surface area (Å²) in [6.45, 7) is 4.39. The van der Waals surface area contributed by atoms with Crippen molar-refractivity contribution >= 4 is 28.4 Å². The number of amides is 2. The quantitative estimate of drug-likeness (QED) is 0.506. The van der Waals surface area contributed by atoms with Gasteiger partial charge < -0.3 is 20.3 Å². The number of nitrogens with one attached hydrogen (secondary N) is 2. The van der Waals surface area contributed by atoms with Crippen LogP contribution in [0.4, 0.5) is 24.4 Å². The van der Waals surface area contributed by atoms with E-state index in [-0.39, 0.29) is 5.69 Å². The summed E-state index contributed by atoms with van der Waals surface area (Å²) in [6.07, 6.45) is 0.656. The number of nitrogens with zero attached hydrogens (tertiary/aromatic N) is 4. The third-order valence-electron chi connectivity index (χ3n) is 5.49. The van der Waals surface area contributed by atoms with Crippen molar-refractivity contribution in [3.63, 3.8) is 0 Å². The van der Waals surface area contributed by atoms with Crippen molar-refractivity contribution < 1.29 is 18.3 Å². The topological polar surface area (TPSA) is 82.6 Å². The first-order valence-corrected chi connectivity index (χ1v) is 11.7. The molecule has 4 rings (SSSR count). The van der Waals surface area contributed by atoms with Crippen LogP contribution < -0.4 is 20.3 Å². The number of aromatic nitrogens is 2. The monoisotopic (exact) mass is 488 g/mol. The Kier molecular flexibility index (Phi) is 7.86. The highest BCUT2D eigenvalue weighted by Crippen LogP contribution is 2.21. The molecule has 8 nitrogen and oxygen atoms in total. The van der Waals surface area contributed by atoms with Gasteiger partial charge in [0, 0.05) is 63.3 Å². The van der Waals surface area contributed by atoms with E-state index in [1.54, 1.807) is 7.11 Å². The Balaban J connectivity index is 1.18. The van der Waals surface area contributed by atoms with E-state index in [2.05, 4.69) is 24.8 Å². The SMILES string of the molecule is COc1cccc(Cc2nsc(N3CCN(CCNC(=O)Nc4ccc(F)cc4F)CC3)n2)c1. The summed E-state index contributed by atoms with van der Waals surface area (Å²) in [6, 6.07) is 10.4. The third kappa shape index (κ3) is 6.39. The first-order chi connectivity index (χ1) is 16.5. The molecular weight excluding hydrogens is 462 g/mol. The van der Waals surface area contributed by atoms with Gasteiger partial charge in [0.2, 0.25) is 5.13 Å². The smallest absolute Gasteiger partial charge is 0.319 e. The highest BCUT2D eigenvalue weighted by molar-refractivity contribution is 7.09. The van der Waals surface area contributed by atoms with E-state index in [0.29, 0.717) is 19.5 Å². The van der Waals surface area contributed by atoms with Gasteiger partial charge in [-0.2, -0.15) is 4.37 Å². The van der Waals surface area contributed by atoms with E-state index in [0.717, 1.165) is 60.6 Å². The average Bonchev–Trinajstić information content (AvgIpc) is 3.30. The van der Waals surface area contributed by atoms with Crippen molar-refractivity contribution in [2.45, 2.75) is 6.42 Å². The summed E-state index contributed by atoms with van der Waals surface area (Å²) in [7, 11) is 1.65. The van der Waals surface area contributed by atoms with Crippen LogP contribution in [-0.2, 0) is 6.42 Å². The Hall–Kier alpha value is -3.31. The molecule has 1 fully saturated rings. The molecule has 0 radical (unpaired) electrons. The number of hydrogen-bond donors (Lipinski definition) is 2. The van der Waals surface area contributed by atoms with E-state index >= 15 is 0 Å². The molecule has 2 aromatic carbocycles. The molecule has 0 unspecified atom stereocenters. The van der Waals surface area contributed by atoms with Crippen molar-refractivity contribution in [1.82, 2.24) is 19.6 Å². The summed E-state index contributed by atoms with van der Waals surface area (Å²) in [5.74, 6) is 0.112. The molecule has 0 saturated carbocycles. The fraction of sp³-hybridized carbons (Fsp3) is 0.348. The highest BCUT2D eigenvalue weighted by Gasteiger charge is 2.20. The second-order valence-corrected chi connectivity index (χ2v) is 8.59. The summed E-state index contributed by atoms with van der Waals surface area (Å²) in [4.78, 5) is 21.1. The minimum absolute atomic E-state index is 0.0599. The van der Waals surface area contributed by atoms with Gasteiger partial charge >= 0.3 is 6.03 Å². The van der Waals surface area contributed by atoms with Gasteiger partial charge in [-0.25, -0.2) is 18.6 Å². The fourth-order valence-corrected chi connectivity index (χ4v) is 4.39. The zero-order valence-corrected chi connectivity index (χ0v) is 19.6. The first kappa shape index (κ1) is 23.8. The summed E-state index contributed by atoms with van der Waals surface area (Å²) < 4.78 is 36.4. The van der Waals surface area contributed by atoms with Crippen molar-refractivity contribution in [1.29, 1.82) is 0 Å². The van der Waals surface area contributed by atoms with Gasteiger partial charge in [0.1, 0.15) is 23.2 Å². The van der Waals surface area contributed by atoms with Gasteiger partial charge in [-0.15, -0.1) is 0 Å². The van der Waals surface area contributed by atoms with Crippen molar-refractivity contribution in [3.8, 4) is 5.75 Å². The molecule has 1 aliphatic heterocycles. The number of ether oxygens (including phenoxy) is 1. The molecule has 3 aromatic rings. The van der Waals surface area contributed by atoms with Crippen LogP contribution in [0.25, 0.3) is 0 Å². The van der Waals surface area contributed by atoms with E-state index in [4.69, 9.17) is 9.72 Å². The molecule has 1 saturated heterocycles. The molecule has 0 aliphatic carbocycles. The van der Waals surface area contributed by atoms with Crippen LogP contribution in [0.1, 0.15) is 11.4 Å². The Morgan fingerprint density at radius 2 is 1.97 bits per heavy atom. The van der Waals surface area contributed by atoms with Crippen molar-refractivity contribution in [3.05, 3.63) is 65.5 Å². The number of carbonyl (C=O) groups is 1. The van der Waals surface area contributed by atoms with Crippen LogP contribution >= 0.6 is 11.5 Å². The van der Waals surface area contributed by atoms with Gasteiger partial charge in [-0.05, 0) is 29.8 Å². The molecular formula is C23H26F2N6O2S. The molecule has 0 bridgehead atoms. The van der Waals surface area contributed by atoms with Gasteiger partial charge in [-0.3, -0.25) is 4.90 Å². The number of rotatable bonds is 8. The molecule has 0 atom stereocenters. The molecule has 2 N–H and O–H groups in total. The maximum absolute atomic E-state index is 13.6. The number of urea groups is 1. The minimum Gasteiger partial charge on any atom is -0.497 e. The zero-order chi connectivity index (χ0) is 23.9. The normalized spacial score (nSPS) is 14.1. The third-order valence-corrected chi connectivity index (χ3v) is 6.30. The predicted octanol–water partition coefficient (Wildman–Crippen LogP) is 3.36. The van der Waals surface area contributed by atoms with E-state index in [1.807, 2.05) is 24.3 Å². The summed E-state index contributed by atoms with van der Waals surface area (Å²) in [5, 5.41) is 6.01. The Morgan fingerprint density at radius 3 is 2.74 bits per heavy atom. The lowest BCUT2D eigenvalue weighted by molar-refractivity contribution is 0.240. The van der Waals surface area contributed by atoms with Gasteiger partial charge in [0.25, 0.3) is 0 Å². The number of halogens is 2. The standard InChI is InChI=1S/C23H26F2N6O2S/c1-33-18-4-2-3-16(13-18)14-21-28-23(34-29-21)31-11-9-30(10-12-31)8-7-26-22(32)27-20-6-5-17(24)15-19(20)25/h2-6,13,15H,7-12,14H2,1H3,(H2,26,27,32). The van der Waals surface area contributed by atoms with Gasteiger partial charge in [-0.1, -0.05) is 12.1 Å². The van der Waals surface area contributed by atoms with Crippen molar-refractivity contribution in [2.24, 2.45) is 0 Å². The Bertz CT molecular complexity index is 1120. The van der Waals surface area contributed by atoms with Crippen LogP contribution in [0.5, 0.6) is 5.75 Å². The number of benzene rings is 2. The number of piperazine rings is 1. The maximum Gasteiger partial charge on any atom is 0.319 e. The molecule has 1 aliphatic rings. The fourth-order valence-electron chi connectivity index (χ4n) is 3.66. The average molecular weight is 489 g/mol. The van der Waals surface area contributed by atoms with Crippen LogP contribution in [0.3, 0.4) is 0 Å². The molecule has 34 heavy (non-hydrogen) atoms. The predicted molar refractivity (Wildman–Crippen MR) is 128 cm³/mol. The zero-order valence-electron chi connectivity index (χ0n) is 18.8. The van der Waals surface area contributed by atoms with Gasteiger partial charge in [0.05, 0.1) is 12.8 Å². The second-order valence-electron chi connectivity index (χ2n) is 7.86. The molecule has 2 heterocycles. The Labute approximate surface area is 200 Å². The molecule has 1 aromatic heterocycles. The van der Waals surface area contributed by atoms with Crippen LogP contribution in [-0.4, -0.2) is 66.7 Å². The number of hydrogen-bond acceptors (Lipinski definition) is 7. The minimum atomic E-state index is -0.811. The Morgan fingerprint density at radius 1 is 1.15 bits per heavy atom. The maximum atomic E-state index is 13.6. The van der Waals surface area contributed by atoms with Crippen LogP contribution in [0, 0.1) is 11.6 Å². The lowest BCUT2D eigenvalue weighted by Crippen LogP contribution is -2.48. The first-order valence-electron chi connectivity index (χ1n) is 10.9. The van der Waals surface area contributed by atoms with E-state index < -0.39 is 17.7 Å². The summed E-state index contributed by atoms with van der Waals surface area (Å²) in [5.41, 5.74) is 1.04. The number of methoxy groups -OCH3 is 1. The molecule has 0 spiro atoms. The number of anilines is 2. The molecule has 11 heteroatoms. The lowest BCUT2D eigenvalue weighted by Gasteiger charge is -2.34.